The second-order valence-electron chi connectivity index (χ2n) is 2.69. The van der Waals surface area contributed by atoms with Gasteiger partial charge in [-0.25, -0.2) is 0 Å². The zero-order valence-electron chi connectivity index (χ0n) is 7.36. The molecule has 1 N–H and O–H groups in total. The summed E-state index contributed by atoms with van der Waals surface area (Å²) in [4.78, 5) is 23.1. The standard InChI is InChI=1S/C8H8INO3S/c1-10(3-7(11)12)8(13)5-2-6(9)14-4-5/h2,4H,3H2,1H3,(H,11,12). The molecule has 0 bridgehead atoms. The Bertz CT molecular complexity index is 363. The Morgan fingerprint density at radius 2 is 2.29 bits per heavy atom. The summed E-state index contributed by atoms with van der Waals surface area (Å²) in [6, 6.07) is 1.74. The topological polar surface area (TPSA) is 57.6 Å². The van der Waals surface area contributed by atoms with Crippen molar-refractivity contribution >= 4 is 45.8 Å². The van der Waals surface area contributed by atoms with Gasteiger partial charge in [0, 0.05) is 12.4 Å². The van der Waals surface area contributed by atoms with Crippen molar-refractivity contribution in [3.05, 3.63) is 19.9 Å². The molecule has 0 aliphatic heterocycles. The van der Waals surface area contributed by atoms with Crippen molar-refractivity contribution in [3.63, 3.8) is 0 Å². The molecule has 0 radical (unpaired) electrons. The average Bonchev–Trinajstić information content (AvgIpc) is 2.49. The quantitative estimate of drug-likeness (QED) is 0.857. The third kappa shape index (κ3) is 2.95. The smallest absolute Gasteiger partial charge is 0.323 e. The molecule has 0 aromatic carbocycles. The highest BCUT2D eigenvalue weighted by Gasteiger charge is 2.15. The number of hydrogen-bond donors (Lipinski definition) is 1. The van der Waals surface area contributed by atoms with Crippen LogP contribution < -0.4 is 0 Å². The molecule has 76 valence electrons. The Morgan fingerprint density at radius 3 is 2.71 bits per heavy atom. The lowest BCUT2D eigenvalue weighted by molar-refractivity contribution is -0.137. The summed E-state index contributed by atoms with van der Waals surface area (Å²) in [5.41, 5.74) is 0.545. The lowest BCUT2D eigenvalue weighted by Gasteiger charge is -2.12. The van der Waals surface area contributed by atoms with Crippen LogP contribution in [-0.2, 0) is 4.79 Å². The largest absolute Gasteiger partial charge is 0.480 e. The highest BCUT2D eigenvalue weighted by molar-refractivity contribution is 14.1. The van der Waals surface area contributed by atoms with Gasteiger partial charge in [0.1, 0.15) is 6.54 Å². The summed E-state index contributed by atoms with van der Waals surface area (Å²) in [6.45, 7) is -0.273. The van der Waals surface area contributed by atoms with Gasteiger partial charge in [-0.1, -0.05) is 0 Å². The predicted molar refractivity (Wildman–Crippen MR) is 61.6 cm³/mol. The fourth-order valence-corrected chi connectivity index (χ4v) is 2.24. The summed E-state index contributed by atoms with van der Waals surface area (Å²) in [5, 5.41) is 10.2. The first-order valence-corrected chi connectivity index (χ1v) is 5.68. The molecule has 4 nitrogen and oxygen atoms in total. The molecular formula is C8H8INO3S. The van der Waals surface area contributed by atoms with Crippen molar-refractivity contribution in [1.82, 2.24) is 4.90 Å². The minimum absolute atomic E-state index is 0.258. The minimum atomic E-state index is -1.01. The van der Waals surface area contributed by atoms with Crippen molar-refractivity contribution in [3.8, 4) is 0 Å². The van der Waals surface area contributed by atoms with E-state index >= 15 is 0 Å². The Morgan fingerprint density at radius 1 is 1.64 bits per heavy atom. The van der Waals surface area contributed by atoms with E-state index in [2.05, 4.69) is 22.6 Å². The number of hydrogen-bond acceptors (Lipinski definition) is 3. The third-order valence-electron chi connectivity index (χ3n) is 1.53. The minimum Gasteiger partial charge on any atom is -0.480 e. The molecule has 0 atom stereocenters. The van der Waals surface area contributed by atoms with Gasteiger partial charge >= 0.3 is 5.97 Å². The number of amides is 1. The van der Waals surface area contributed by atoms with Gasteiger partial charge in [0.05, 0.1) is 8.45 Å². The zero-order valence-corrected chi connectivity index (χ0v) is 10.3. The van der Waals surface area contributed by atoms with Crippen LogP contribution in [0.15, 0.2) is 11.4 Å². The molecule has 1 aromatic heterocycles. The van der Waals surface area contributed by atoms with Gasteiger partial charge in [-0.2, -0.15) is 0 Å². The molecule has 1 aromatic rings. The van der Waals surface area contributed by atoms with E-state index < -0.39 is 5.97 Å². The van der Waals surface area contributed by atoms with Crippen molar-refractivity contribution in [1.29, 1.82) is 0 Å². The van der Waals surface area contributed by atoms with E-state index in [0.717, 1.165) is 2.88 Å². The Hall–Kier alpha value is -0.630. The molecule has 0 spiro atoms. The number of nitrogens with zero attached hydrogens (tertiary/aromatic N) is 1. The second-order valence-corrected chi connectivity index (χ2v) is 5.50. The number of aliphatic carboxylic acids is 1. The van der Waals surface area contributed by atoms with Crippen LogP contribution in [0.3, 0.4) is 0 Å². The van der Waals surface area contributed by atoms with Gasteiger partial charge in [-0.05, 0) is 28.7 Å². The number of carbonyl (C=O) groups is 2. The molecule has 0 unspecified atom stereocenters. The van der Waals surface area contributed by atoms with Crippen molar-refractivity contribution in [2.24, 2.45) is 0 Å². The number of thiophene rings is 1. The Labute approximate surface area is 98.7 Å². The van der Waals surface area contributed by atoms with Crippen LogP contribution in [0.2, 0.25) is 0 Å². The first-order valence-electron chi connectivity index (χ1n) is 3.72. The summed E-state index contributed by atoms with van der Waals surface area (Å²) in [6.07, 6.45) is 0. The maximum atomic E-state index is 11.6. The lowest BCUT2D eigenvalue weighted by atomic mass is 10.3. The Kier molecular flexibility index (Phi) is 3.87. The van der Waals surface area contributed by atoms with E-state index in [4.69, 9.17) is 5.11 Å². The summed E-state index contributed by atoms with van der Waals surface area (Å²) < 4.78 is 1.01. The first kappa shape index (κ1) is 11.4. The maximum absolute atomic E-state index is 11.6. The van der Waals surface area contributed by atoms with E-state index in [9.17, 15) is 9.59 Å². The molecule has 14 heavy (non-hydrogen) atoms. The molecular weight excluding hydrogens is 317 g/mol. The summed E-state index contributed by atoms with van der Waals surface area (Å²) in [7, 11) is 1.47. The third-order valence-corrected chi connectivity index (χ3v) is 3.32. The van der Waals surface area contributed by atoms with Gasteiger partial charge < -0.3 is 10.0 Å². The lowest BCUT2D eigenvalue weighted by Crippen LogP contribution is -2.31. The van der Waals surface area contributed by atoms with Crippen LogP contribution in [0.5, 0.6) is 0 Å². The van der Waals surface area contributed by atoms with Gasteiger partial charge in [0.2, 0.25) is 0 Å². The number of likely N-dealkylation sites (N-methyl/N-ethyl adjacent to an activating group) is 1. The fraction of sp³-hybridized carbons (Fsp3) is 0.250. The number of halogens is 1. The van der Waals surface area contributed by atoms with E-state index in [1.165, 1.54) is 23.3 Å². The van der Waals surface area contributed by atoms with Gasteiger partial charge in [0.25, 0.3) is 5.91 Å². The van der Waals surface area contributed by atoms with Crippen LogP contribution in [0.25, 0.3) is 0 Å². The van der Waals surface area contributed by atoms with Gasteiger partial charge in [-0.3, -0.25) is 9.59 Å². The molecule has 1 amide bonds. The molecule has 1 rings (SSSR count). The van der Waals surface area contributed by atoms with Crippen LogP contribution >= 0.6 is 33.9 Å². The van der Waals surface area contributed by atoms with E-state index in [-0.39, 0.29) is 12.5 Å². The van der Waals surface area contributed by atoms with Crippen LogP contribution in [0, 0.1) is 2.88 Å². The highest BCUT2D eigenvalue weighted by atomic mass is 127. The van der Waals surface area contributed by atoms with Crippen molar-refractivity contribution in [2.75, 3.05) is 13.6 Å². The summed E-state index contributed by atoms with van der Waals surface area (Å²) in [5.74, 6) is -1.27. The molecule has 0 aliphatic carbocycles. The van der Waals surface area contributed by atoms with E-state index in [0.29, 0.717) is 5.56 Å². The number of rotatable bonds is 3. The number of carbonyl (C=O) groups excluding carboxylic acids is 1. The van der Waals surface area contributed by atoms with Crippen molar-refractivity contribution in [2.45, 2.75) is 0 Å². The maximum Gasteiger partial charge on any atom is 0.323 e. The average molecular weight is 325 g/mol. The van der Waals surface area contributed by atoms with E-state index in [1.807, 2.05) is 0 Å². The predicted octanol–water partition coefficient (Wildman–Crippen LogP) is 1.51. The molecule has 0 aliphatic rings. The summed E-state index contributed by atoms with van der Waals surface area (Å²) >= 11 is 3.58. The number of carboxylic acid groups (broad SMARTS) is 1. The van der Waals surface area contributed by atoms with Gasteiger partial charge in [-0.15, -0.1) is 11.3 Å². The van der Waals surface area contributed by atoms with E-state index in [1.54, 1.807) is 11.4 Å². The monoisotopic (exact) mass is 325 g/mol. The molecule has 1 heterocycles. The van der Waals surface area contributed by atoms with Crippen LogP contribution in [0.1, 0.15) is 10.4 Å². The fourth-order valence-electron chi connectivity index (χ4n) is 0.917. The molecule has 0 fully saturated rings. The normalized spacial score (nSPS) is 9.86. The molecule has 0 saturated carbocycles. The molecule has 6 heteroatoms. The van der Waals surface area contributed by atoms with Crippen LogP contribution in [-0.4, -0.2) is 35.5 Å². The first-order chi connectivity index (χ1) is 6.50. The number of carboxylic acids is 1. The Balaban J connectivity index is 2.70. The SMILES string of the molecule is CN(CC(=O)O)C(=O)c1csc(I)c1. The van der Waals surface area contributed by atoms with Crippen molar-refractivity contribution < 1.29 is 14.7 Å². The van der Waals surface area contributed by atoms with Gasteiger partial charge in [0.15, 0.2) is 0 Å². The second kappa shape index (κ2) is 4.74. The highest BCUT2D eigenvalue weighted by Crippen LogP contribution is 2.17. The molecule has 0 saturated heterocycles. The van der Waals surface area contributed by atoms with Crippen LogP contribution in [0.4, 0.5) is 0 Å². The zero-order chi connectivity index (χ0) is 10.7.